The molecule has 0 unspecified atom stereocenters. The molecule has 22 heavy (non-hydrogen) atoms. The fourth-order valence-corrected chi connectivity index (χ4v) is 2.88. The van der Waals surface area contributed by atoms with Crippen LogP contribution in [0.15, 0.2) is 47.6 Å². The molecule has 1 aromatic carbocycles. The summed E-state index contributed by atoms with van der Waals surface area (Å²) >= 11 is 0. The van der Waals surface area contributed by atoms with Gasteiger partial charge in [0.2, 0.25) is 0 Å². The van der Waals surface area contributed by atoms with Crippen LogP contribution in [0.5, 0.6) is 0 Å². The molecule has 0 aliphatic carbocycles. The Balaban J connectivity index is 2.03. The third-order valence-electron chi connectivity index (χ3n) is 2.94. The quantitative estimate of drug-likeness (QED) is 0.781. The predicted octanol–water partition coefficient (Wildman–Crippen LogP) is 1.97. The van der Waals surface area contributed by atoms with Crippen LogP contribution in [0.1, 0.15) is 5.56 Å². The summed E-state index contributed by atoms with van der Waals surface area (Å²) in [5.41, 5.74) is 1.27. The molecule has 3 rings (SSSR count). The number of aliphatic imine (C=N–C) groups is 1. The Kier molecular flexibility index (Phi) is 3.32. The van der Waals surface area contributed by atoms with E-state index in [1.54, 1.807) is 24.3 Å². The highest BCUT2D eigenvalue weighted by atomic mass is 32.1. The lowest BCUT2D eigenvalue weighted by Crippen LogP contribution is -2.40. The molecule has 2 aliphatic heterocycles. The minimum atomic E-state index is -5.08. The molecule has 1 aromatic rings. The molecule has 0 bridgehead atoms. The first-order valence-electron chi connectivity index (χ1n) is 6.07. The lowest BCUT2D eigenvalue weighted by molar-refractivity contribution is -0.163. The summed E-state index contributed by atoms with van der Waals surface area (Å²) in [5.74, 6) is -3.15. The molecule has 0 atom stereocenters. The number of benzene rings is 1. The average Bonchev–Trinajstić information content (AvgIpc) is 2.83. The fourth-order valence-electron chi connectivity index (χ4n) is 1.92. The molecule has 112 valence electrons. The van der Waals surface area contributed by atoms with Gasteiger partial charge < -0.3 is 0 Å². The van der Waals surface area contributed by atoms with Crippen molar-refractivity contribution in [3.8, 4) is 0 Å². The number of carbonyl (C=O) groups excluding carboxylic acids is 2. The number of alkyl halides is 3. The van der Waals surface area contributed by atoms with Crippen molar-refractivity contribution in [2.24, 2.45) is 4.99 Å². The van der Waals surface area contributed by atoms with Crippen LogP contribution in [-0.4, -0.2) is 38.5 Å². The van der Waals surface area contributed by atoms with Crippen LogP contribution in [0.4, 0.5) is 13.2 Å². The summed E-state index contributed by atoms with van der Waals surface area (Å²) in [6.45, 7) is 0. The Bertz CT molecular complexity index is 803. The highest BCUT2D eigenvalue weighted by molar-refractivity contribution is 8.01. The minimum absolute atomic E-state index is 0.0407. The standard InChI is InChI=1S/C14H7F3N2O2S/c15-14(16,17)11(20)10-12(21)19-7-6-9(18-13(19)22-10)8-4-2-1-3-5-8/h1-7H. The van der Waals surface area contributed by atoms with Crippen LogP contribution in [0.2, 0.25) is 0 Å². The van der Waals surface area contributed by atoms with Crippen molar-refractivity contribution < 1.29 is 22.8 Å². The molecule has 0 radical (unpaired) electrons. The van der Waals surface area contributed by atoms with Crippen LogP contribution >= 0.6 is 10.9 Å². The van der Waals surface area contributed by atoms with E-state index in [0.717, 1.165) is 10.5 Å². The van der Waals surface area contributed by atoms with Crippen LogP contribution < -0.4 is 0 Å². The second-order valence-corrected chi connectivity index (χ2v) is 5.37. The zero-order valence-corrected chi connectivity index (χ0v) is 11.6. The highest BCUT2D eigenvalue weighted by Gasteiger charge is 2.46. The van der Waals surface area contributed by atoms with Crippen LogP contribution in [0.3, 0.4) is 0 Å². The number of ketones is 1. The number of Topliss-reactive ketones (excluding diaryl/α,β-unsaturated/α-hetero) is 1. The van der Waals surface area contributed by atoms with Crippen molar-refractivity contribution >= 4 is 38.3 Å². The van der Waals surface area contributed by atoms with Gasteiger partial charge in [0, 0.05) is 11.8 Å². The zero-order valence-electron chi connectivity index (χ0n) is 10.8. The first kappa shape index (κ1) is 14.5. The minimum Gasteiger partial charge on any atom is -0.283 e. The second kappa shape index (κ2) is 5.06. The van der Waals surface area contributed by atoms with Gasteiger partial charge in [0.15, 0.2) is 5.11 Å². The summed E-state index contributed by atoms with van der Waals surface area (Å²) in [6.07, 6.45) is -2.25. The maximum Gasteiger partial charge on any atom is 0.455 e. The van der Waals surface area contributed by atoms with Gasteiger partial charge in [-0.25, -0.2) is 4.99 Å². The summed E-state index contributed by atoms with van der Waals surface area (Å²) in [4.78, 5) is 27.3. The largest absolute Gasteiger partial charge is 0.455 e. The van der Waals surface area contributed by atoms with Gasteiger partial charge in [-0.2, -0.15) is 13.2 Å². The molecule has 0 fully saturated rings. The Labute approximate surface area is 126 Å². The number of rotatable bonds is 2. The van der Waals surface area contributed by atoms with E-state index in [1.807, 2.05) is 6.07 Å². The SMILES string of the molecule is O=C1C(C(=O)C(F)(F)F)=S=C2N=C(c3ccccc3)C=CN12. The van der Waals surface area contributed by atoms with E-state index in [-0.39, 0.29) is 5.11 Å². The summed E-state index contributed by atoms with van der Waals surface area (Å²) in [7, 11) is 0.438. The Morgan fingerprint density at radius 3 is 2.50 bits per heavy atom. The third-order valence-corrected chi connectivity index (χ3v) is 3.98. The summed E-state index contributed by atoms with van der Waals surface area (Å²) in [6, 6.07) is 8.97. The molecule has 0 aromatic heterocycles. The number of hydrogen-bond donors (Lipinski definition) is 0. The predicted molar refractivity (Wildman–Crippen MR) is 77.6 cm³/mol. The van der Waals surface area contributed by atoms with Crippen molar-refractivity contribution in [2.45, 2.75) is 6.18 Å². The monoisotopic (exact) mass is 324 g/mol. The van der Waals surface area contributed by atoms with E-state index in [4.69, 9.17) is 0 Å². The number of fused-ring (bicyclic) bond motifs is 1. The highest BCUT2D eigenvalue weighted by Crippen LogP contribution is 2.22. The van der Waals surface area contributed by atoms with Gasteiger partial charge in [-0.1, -0.05) is 41.3 Å². The number of allylic oxidation sites excluding steroid dienone is 1. The van der Waals surface area contributed by atoms with E-state index in [2.05, 4.69) is 4.99 Å². The van der Waals surface area contributed by atoms with Gasteiger partial charge >= 0.3 is 6.18 Å². The van der Waals surface area contributed by atoms with Crippen LogP contribution in [0.25, 0.3) is 0 Å². The van der Waals surface area contributed by atoms with Gasteiger partial charge in [0.25, 0.3) is 11.7 Å². The van der Waals surface area contributed by atoms with Crippen molar-refractivity contribution in [2.75, 3.05) is 0 Å². The van der Waals surface area contributed by atoms with Gasteiger partial charge in [-0.3, -0.25) is 14.5 Å². The fraction of sp³-hybridized carbons (Fsp3) is 0.0714. The van der Waals surface area contributed by atoms with E-state index >= 15 is 0 Å². The molecular formula is C14H7F3N2O2S. The molecule has 0 saturated heterocycles. The van der Waals surface area contributed by atoms with Gasteiger partial charge in [0.1, 0.15) is 4.86 Å². The van der Waals surface area contributed by atoms with Crippen molar-refractivity contribution in [1.29, 1.82) is 0 Å². The van der Waals surface area contributed by atoms with Crippen molar-refractivity contribution in [1.82, 2.24) is 4.90 Å². The molecule has 2 heterocycles. The number of halogens is 3. The maximum atomic E-state index is 12.5. The second-order valence-electron chi connectivity index (χ2n) is 4.39. The van der Waals surface area contributed by atoms with E-state index in [1.165, 1.54) is 12.3 Å². The topological polar surface area (TPSA) is 49.7 Å². The van der Waals surface area contributed by atoms with E-state index in [9.17, 15) is 22.8 Å². The maximum absolute atomic E-state index is 12.5. The Hall–Kier alpha value is -2.48. The Morgan fingerprint density at radius 2 is 1.86 bits per heavy atom. The normalized spacial score (nSPS) is 17.3. The van der Waals surface area contributed by atoms with Gasteiger partial charge in [-0.05, 0) is 6.08 Å². The number of carbonyl (C=O) groups is 2. The molecule has 8 heteroatoms. The summed E-state index contributed by atoms with van der Waals surface area (Å²) in [5, 5.41) is 0.0407. The molecule has 4 nitrogen and oxygen atoms in total. The molecule has 0 spiro atoms. The van der Waals surface area contributed by atoms with Gasteiger partial charge in [-0.15, -0.1) is 0 Å². The Morgan fingerprint density at radius 1 is 1.18 bits per heavy atom. The first-order valence-corrected chi connectivity index (χ1v) is 6.89. The van der Waals surface area contributed by atoms with E-state index < -0.39 is 22.7 Å². The van der Waals surface area contributed by atoms with E-state index in [0.29, 0.717) is 16.7 Å². The average molecular weight is 324 g/mol. The zero-order chi connectivity index (χ0) is 15.9. The van der Waals surface area contributed by atoms with Crippen molar-refractivity contribution in [3.63, 3.8) is 0 Å². The molecule has 0 N–H and O–H groups in total. The third kappa shape index (κ3) is 2.41. The number of amides is 1. The number of nitrogens with zero attached hydrogens (tertiary/aromatic N) is 2. The van der Waals surface area contributed by atoms with Crippen LogP contribution in [-0.2, 0) is 9.59 Å². The number of hydrogen-bond acceptors (Lipinski definition) is 3. The van der Waals surface area contributed by atoms with Gasteiger partial charge in [0.05, 0.1) is 5.71 Å². The lowest BCUT2D eigenvalue weighted by Gasteiger charge is -2.17. The van der Waals surface area contributed by atoms with Crippen LogP contribution in [0, 0.1) is 0 Å². The first-order chi connectivity index (χ1) is 10.4. The van der Waals surface area contributed by atoms with Crippen molar-refractivity contribution in [3.05, 3.63) is 48.2 Å². The lowest BCUT2D eigenvalue weighted by atomic mass is 10.1. The summed E-state index contributed by atoms with van der Waals surface area (Å²) < 4.78 is 37.4. The molecule has 0 saturated carbocycles. The molecule has 2 aliphatic rings. The molecular weight excluding hydrogens is 317 g/mol. The smallest absolute Gasteiger partial charge is 0.283 e. The molecule has 1 amide bonds.